The van der Waals surface area contributed by atoms with Crippen LogP contribution in [0.15, 0.2) is 28.5 Å². The van der Waals surface area contributed by atoms with E-state index < -0.39 is 5.97 Å². The topological polar surface area (TPSA) is 61.1 Å². The van der Waals surface area contributed by atoms with Crippen LogP contribution in [-0.2, 0) is 0 Å². The zero-order valence-electron chi connectivity index (χ0n) is 12.3. The second kappa shape index (κ2) is 6.33. The third kappa shape index (κ3) is 3.64. The quantitative estimate of drug-likeness (QED) is 0.738. The molecule has 22 heavy (non-hydrogen) atoms. The molecule has 0 bridgehead atoms. The Kier molecular flexibility index (Phi) is 4.86. The third-order valence-corrected chi connectivity index (χ3v) is 5.44. The van der Waals surface area contributed by atoms with Gasteiger partial charge in [-0.15, -0.1) is 23.1 Å². The Labute approximate surface area is 142 Å². The van der Waals surface area contributed by atoms with E-state index in [-0.39, 0.29) is 9.62 Å². The van der Waals surface area contributed by atoms with Crippen molar-refractivity contribution in [2.75, 3.05) is 0 Å². The smallest absolute Gasteiger partial charge is 0.346 e. The van der Waals surface area contributed by atoms with Gasteiger partial charge >= 0.3 is 5.97 Å². The first-order valence-corrected chi connectivity index (χ1v) is 8.49. The summed E-state index contributed by atoms with van der Waals surface area (Å²) in [6, 6.07) is 9.03. The molecule has 0 fully saturated rings. The molecular weight excluding hydrogens is 338 g/mol. The van der Waals surface area contributed by atoms with Gasteiger partial charge in [0.2, 0.25) is 0 Å². The van der Waals surface area contributed by atoms with Gasteiger partial charge in [-0.2, -0.15) is 5.26 Å². The first kappa shape index (κ1) is 16.9. The van der Waals surface area contributed by atoms with Crippen molar-refractivity contribution >= 4 is 40.7 Å². The second-order valence-electron chi connectivity index (χ2n) is 5.61. The van der Waals surface area contributed by atoms with E-state index in [1.807, 2.05) is 20.8 Å². The largest absolute Gasteiger partial charge is 0.477 e. The standard InChI is InChI=1S/C16H14ClNO2S2/c1-16(2,3)22-15-11(8-18)12(13(21-15)14(19)20)9-4-6-10(17)7-5-9/h4-7H,1-3H3,(H,19,20). The van der Waals surface area contributed by atoms with Crippen LogP contribution in [0.2, 0.25) is 5.02 Å². The van der Waals surface area contributed by atoms with E-state index in [9.17, 15) is 15.2 Å². The minimum Gasteiger partial charge on any atom is -0.477 e. The van der Waals surface area contributed by atoms with E-state index in [1.165, 1.54) is 11.8 Å². The van der Waals surface area contributed by atoms with Gasteiger partial charge < -0.3 is 5.11 Å². The van der Waals surface area contributed by atoms with Gasteiger partial charge in [-0.1, -0.05) is 44.5 Å². The molecule has 2 rings (SSSR count). The second-order valence-corrected chi connectivity index (χ2v) is 9.16. The maximum absolute atomic E-state index is 11.6. The zero-order valence-corrected chi connectivity index (χ0v) is 14.7. The lowest BCUT2D eigenvalue weighted by molar-refractivity contribution is 0.0703. The van der Waals surface area contributed by atoms with Crippen molar-refractivity contribution in [1.29, 1.82) is 5.26 Å². The normalized spacial score (nSPS) is 11.2. The monoisotopic (exact) mass is 351 g/mol. The Balaban J connectivity index is 2.68. The fraction of sp³-hybridized carbons (Fsp3) is 0.250. The average molecular weight is 352 g/mol. The van der Waals surface area contributed by atoms with Gasteiger partial charge in [-0.05, 0) is 17.7 Å². The number of hydrogen-bond donors (Lipinski definition) is 1. The molecule has 114 valence electrons. The fourth-order valence-electron chi connectivity index (χ4n) is 1.90. The van der Waals surface area contributed by atoms with Crippen molar-refractivity contribution in [3.8, 4) is 17.2 Å². The summed E-state index contributed by atoms with van der Waals surface area (Å²) in [4.78, 5) is 11.8. The van der Waals surface area contributed by atoms with Crippen LogP contribution in [0.1, 0.15) is 36.0 Å². The van der Waals surface area contributed by atoms with Crippen LogP contribution < -0.4 is 0 Å². The highest BCUT2D eigenvalue weighted by Crippen LogP contribution is 2.45. The predicted molar refractivity (Wildman–Crippen MR) is 92.0 cm³/mol. The van der Waals surface area contributed by atoms with Crippen LogP contribution in [0, 0.1) is 11.3 Å². The van der Waals surface area contributed by atoms with E-state index in [0.717, 1.165) is 15.5 Å². The summed E-state index contributed by atoms with van der Waals surface area (Å²) in [6.45, 7) is 6.09. The molecule has 1 aromatic heterocycles. The number of nitriles is 1. The van der Waals surface area contributed by atoms with Gasteiger partial charge in [0, 0.05) is 15.3 Å². The molecule has 3 nitrogen and oxygen atoms in total. The zero-order chi connectivity index (χ0) is 16.5. The van der Waals surface area contributed by atoms with Crippen molar-refractivity contribution in [3.63, 3.8) is 0 Å². The number of benzene rings is 1. The molecule has 0 spiro atoms. The highest BCUT2D eigenvalue weighted by Gasteiger charge is 2.26. The highest BCUT2D eigenvalue weighted by atomic mass is 35.5. The number of carboxylic acids is 1. The van der Waals surface area contributed by atoms with E-state index >= 15 is 0 Å². The number of carboxylic acid groups (broad SMARTS) is 1. The summed E-state index contributed by atoms with van der Waals surface area (Å²) in [5.41, 5.74) is 1.59. The van der Waals surface area contributed by atoms with Gasteiger partial charge in [0.1, 0.15) is 10.9 Å². The number of thioether (sulfide) groups is 1. The molecule has 2 aromatic rings. The van der Waals surface area contributed by atoms with Crippen LogP contribution in [-0.4, -0.2) is 15.8 Å². The van der Waals surface area contributed by atoms with Crippen LogP contribution >= 0.6 is 34.7 Å². The van der Waals surface area contributed by atoms with E-state index in [4.69, 9.17) is 11.6 Å². The molecule has 0 saturated carbocycles. The number of aromatic carboxylic acids is 1. The van der Waals surface area contributed by atoms with Crippen molar-refractivity contribution in [3.05, 3.63) is 39.7 Å². The van der Waals surface area contributed by atoms with E-state index in [1.54, 1.807) is 24.3 Å². The minimum atomic E-state index is -1.02. The third-order valence-electron chi connectivity index (χ3n) is 2.71. The van der Waals surface area contributed by atoms with Crippen LogP contribution in [0.5, 0.6) is 0 Å². The molecule has 6 heteroatoms. The summed E-state index contributed by atoms with van der Waals surface area (Å²) in [7, 11) is 0. The molecule has 0 saturated heterocycles. The number of halogens is 1. The summed E-state index contributed by atoms with van der Waals surface area (Å²) in [6.07, 6.45) is 0. The van der Waals surface area contributed by atoms with Crippen molar-refractivity contribution in [2.45, 2.75) is 29.7 Å². The Morgan fingerprint density at radius 1 is 1.32 bits per heavy atom. The van der Waals surface area contributed by atoms with Gasteiger partial charge in [-0.25, -0.2) is 4.79 Å². The number of hydrogen-bond acceptors (Lipinski definition) is 4. The van der Waals surface area contributed by atoms with Gasteiger partial charge in [-0.3, -0.25) is 0 Å². The lowest BCUT2D eigenvalue weighted by Crippen LogP contribution is -2.06. The number of carbonyl (C=O) groups is 1. The summed E-state index contributed by atoms with van der Waals surface area (Å²) >= 11 is 8.55. The average Bonchev–Trinajstić information content (AvgIpc) is 2.76. The molecule has 0 aliphatic rings. The SMILES string of the molecule is CC(C)(C)Sc1sc(C(=O)O)c(-c2ccc(Cl)cc2)c1C#N. The van der Waals surface area contributed by atoms with Crippen molar-refractivity contribution < 1.29 is 9.90 Å². The van der Waals surface area contributed by atoms with E-state index in [0.29, 0.717) is 21.7 Å². The van der Waals surface area contributed by atoms with Crippen LogP contribution in [0.4, 0.5) is 0 Å². The number of thiophene rings is 1. The first-order chi connectivity index (χ1) is 10.2. The van der Waals surface area contributed by atoms with Gasteiger partial charge in [0.15, 0.2) is 0 Å². The van der Waals surface area contributed by atoms with Crippen LogP contribution in [0.25, 0.3) is 11.1 Å². The molecule has 0 unspecified atom stereocenters. The highest BCUT2D eigenvalue weighted by molar-refractivity contribution is 8.02. The van der Waals surface area contributed by atoms with Gasteiger partial charge in [0.05, 0.1) is 9.77 Å². The minimum absolute atomic E-state index is 0.108. The lowest BCUT2D eigenvalue weighted by Gasteiger charge is -2.16. The fourth-order valence-corrected chi connectivity index (χ4v) is 4.85. The summed E-state index contributed by atoms with van der Waals surface area (Å²) < 4.78 is 0.626. The molecular formula is C16H14ClNO2S2. The molecule has 0 aliphatic carbocycles. The molecule has 1 heterocycles. The molecule has 0 atom stereocenters. The van der Waals surface area contributed by atoms with Crippen molar-refractivity contribution in [1.82, 2.24) is 0 Å². The Morgan fingerprint density at radius 3 is 2.36 bits per heavy atom. The number of rotatable bonds is 3. The molecule has 0 amide bonds. The molecule has 1 aromatic carbocycles. The Morgan fingerprint density at radius 2 is 1.91 bits per heavy atom. The summed E-state index contributed by atoms with van der Waals surface area (Å²) in [5.74, 6) is -1.02. The number of nitrogens with zero attached hydrogens (tertiary/aromatic N) is 1. The Hall–Kier alpha value is -1.48. The van der Waals surface area contributed by atoms with Gasteiger partial charge in [0.25, 0.3) is 0 Å². The van der Waals surface area contributed by atoms with Crippen LogP contribution in [0.3, 0.4) is 0 Å². The first-order valence-electron chi connectivity index (χ1n) is 6.48. The maximum Gasteiger partial charge on any atom is 0.346 e. The maximum atomic E-state index is 11.6. The molecule has 1 N–H and O–H groups in total. The van der Waals surface area contributed by atoms with E-state index in [2.05, 4.69) is 6.07 Å². The Bertz CT molecular complexity index is 752. The van der Waals surface area contributed by atoms with Crippen molar-refractivity contribution in [2.24, 2.45) is 0 Å². The predicted octanol–water partition coefficient (Wildman–Crippen LogP) is 5.53. The molecule has 0 radical (unpaired) electrons. The summed E-state index contributed by atoms with van der Waals surface area (Å²) in [5, 5.41) is 19.6. The lowest BCUT2D eigenvalue weighted by atomic mass is 10.0. The molecule has 0 aliphatic heterocycles.